The first-order valence-electron chi connectivity index (χ1n) is 7.36. The second-order valence-electron chi connectivity index (χ2n) is 5.42. The molecule has 0 radical (unpaired) electrons. The minimum Gasteiger partial charge on any atom is -0.497 e. The lowest BCUT2D eigenvalue weighted by Crippen LogP contribution is -2.21. The quantitative estimate of drug-likeness (QED) is 0.740. The van der Waals surface area contributed by atoms with Crippen molar-refractivity contribution in [3.05, 3.63) is 47.4 Å². The van der Waals surface area contributed by atoms with Crippen molar-refractivity contribution in [1.29, 1.82) is 0 Å². The normalized spacial score (nSPS) is 17.0. The Balaban J connectivity index is 1.58. The molecule has 0 amide bonds. The molecule has 0 fully saturated rings. The first-order chi connectivity index (χ1) is 11.2. The summed E-state index contributed by atoms with van der Waals surface area (Å²) in [5.41, 5.74) is 2.78. The maximum Gasteiger partial charge on any atom is 0.278 e. The van der Waals surface area contributed by atoms with E-state index >= 15 is 0 Å². The molecule has 23 heavy (non-hydrogen) atoms. The van der Waals surface area contributed by atoms with E-state index in [9.17, 15) is 0 Å². The average molecular weight is 312 g/mol. The van der Waals surface area contributed by atoms with E-state index < -0.39 is 0 Å². The molecule has 1 atom stereocenters. The summed E-state index contributed by atoms with van der Waals surface area (Å²) in [5, 5.41) is 8.36. The minimum atomic E-state index is -0.0365. The van der Waals surface area contributed by atoms with Gasteiger partial charge in [-0.25, -0.2) is 0 Å². The van der Waals surface area contributed by atoms with E-state index in [0.717, 1.165) is 17.0 Å². The summed E-state index contributed by atoms with van der Waals surface area (Å²) in [7, 11) is 1.66. The number of aromatic nitrogens is 4. The molecule has 0 bridgehead atoms. The minimum absolute atomic E-state index is 0.0365. The molecule has 0 aliphatic carbocycles. The van der Waals surface area contributed by atoms with Gasteiger partial charge in [0, 0.05) is 0 Å². The molecule has 0 saturated heterocycles. The zero-order valence-corrected chi connectivity index (χ0v) is 12.9. The van der Waals surface area contributed by atoms with E-state index in [4.69, 9.17) is 14.0 Å². The lowest BCUT2D eigenvalue weighted by atomic mass is 10.1. The van der Waals surface area contributed by atoms with Gasteiger partial charge in [0.2, 0.25) is 0 Å². The van der Waals surface area contributed by atoms with Gasteiger partial charge >= 0.3 is 0 Å². The maximum atomic E-state index is 5.95. The van der Waals surface area contributed by atoms with Crippen molar-refractivity contribution in [2.45, 2.75) is 26.2 Å². The maximum absolute atomic E-state index is 5.95. The van der Waals surface area contributed by atoms with Gasteiger partial charge in [0.05, 0.1) is 26.0 Å². The zero-order chi connectivity index (χ0) is 15.8. The fourth-order valence-corrected chi connectivity index (χ4v) is 2.65. The van der Waals surface area contributed by atoms with E-state index in [2.05, 4.69) is 15.2 Å². The van der Waals surface area contributed by atoms with Gasteiger partial charge in [0.1, 0.15) is 11.9 Å². The van der Waals surface area contributed by atoms with Crippen LogP contribution in [0, 0.1) is 6.92 Å². The highest BCUT2D eigenvalue weighted by Gasteiger charge is 2.24. The van der Waals surface area contributed by atoms with Crippen molar-refractivity contribution in [3.8, 4) is 17.3 Å². The predicted octanol–water partition coefficient (Wildman–Crippen LogP) is 2.52. The Bertz CT molecular complexity index is 822. The van der Waals surface area contributed by atoms with E-state index in [1.807, 2.05) is 35.0 Å². The highest BCUT2D eigenvalue weighted by molar-refractivity contribution is 5.47. The van der Waals surface area contributed by atoms with Crippen LogP contribution in [0.1, 0.15) is 23.2 Å². The topological polar surface area (TPSA) is 75.2 Å². The largest absolute Gasteiger partial charge is 0.497 e. The summed E-state index contributed by atoms with van der Waals surface area (Å²) in [6.07, 6.45) is -0.0365. The Kier molecular flexibility index (Phi) is 3.34. The van der Waals surface area contributed by atoms with Gasteiger partial charge in [0.15, 0.2) is 11.5 Å². The van der Waals surface area contributed by atoms with Crippen LogP contribution in [0.3, 0.4) is 0 Å². The Labute approximate surface area is 132 Å². The SMILES string of the molecule is COc1ccc(C2Cn3nc(-c4nc(C)no4)cc3CO2)cc1. The summed E-state index contributed by atoms with van der Waals surface area (Å²) in [5.74, 6) is 1.86. The molecular weight excluding hydrogens is 296 g/mol. The van der Waals surface area contributed by atoms with Crippen LogP contribution < -0.4 is 4.74 Å². The van der Waals surface area contributed by atoms with E-state index in [1.165, 1.54) is 0 Å². The Morgan fingerprint density at radius 3 is 2.78 bits per heavy atom. The van der Waals surface area contributed by atoms with Gasteiger partial charge in [-0.1, -0.05) is 17.3 Å². The number of aryl methyl sites for hydroxylation is 1. The number of nitrogens with zero attached hydrogens (tertiary/aromatic N) is 4. The molecule has 4 rings (SSSR count). The van der Waals surface area contributed by atoms with Crippen molar-refractivity contribution in [1.82, 2.24) is 19.9 Å². The van der Waals surface area contributed by atoms with Crippen molar-refractivity contribution >= 4 is 0 Å². The number of hydrogen-bond donors (Lipinski definition) is 0. The third kappa shape index (κ3) is 2.59. The third-order valence-corrected chi connectivity index (χ3v) is 3.87. The van der Waals surface area contributed by atoms with Crippen molar-refractivity contribution in [2.24, 2.45) is 0 Å². The van der Waals surface area contributed by atoms with Crippen LogP contribution in [0.15, 0.2) is 34.9 Å². The number of methoxy groups -OCH3 is 1. The molecule has 118 valence electrons. The molecule has 3 heterocycles. The van der Waals surface area contributed by atoms with Gasteiger partial charge in [-0.2, -0.15) is 10.1 Å². The van der Waals surface area contributed by atoms with Gasteiger partial charge in [-0.05, 0) is 30.7 Å². The molecule has 1 unspecified atom stereocenters. The van der Waals surface area contributed by atoms with Crippen LogP contribution in [-0.4, -0.2) is 27.0 Å². The van der Waals surface area contributed by atoms with Crippen LogP contribution in [0.25, 0.3) is 11.6 Å². The molecule has 7 heteroatoms. The Morgan fingerprint density at radius 1 is 1.26 bits per heavy atom. The van der Waals surface area contributed by atoms with Crippen LogP contribution >= 0.6 is 0 Å². The third-order valence-electron chi connectivity index (χ3n) is 3.87. The highest BCUT2D eigenvalue weighted by atomic mass is 16.5. The van der Waals surface area contributed by atoms with Crippen molar-refractivity contribution < 1.29 is 14.0 Å². The first kappa shape index (κ1) is 14.0. The molecule has 3 aromatic rings. The van der Waals surface area contributed by atoms with E-state index in [-0.39, 0.29) is 6.10 Å². The molecule has 0 saturated carbocycles. The van der Waals surface area contributed by atoms with Crippen LogP contribution in [0.5, 0.6) is 5.75 Å². The molecular formula is C16H16N4O3. The number of fused-ring (bicyclic) bond motifs is 1. The molecule has 1 aromatic carbocycles. The summed E-state index contributed by atoms with van der Waals surface area (Å²) >= 11 is 0. The van der Waals surface area contributed by atoms with Gasteiger partial charge < -0.3 is 14.0 Å². The number of benzene rings is 1. The van der Waals surface area contributed by atoms with Crippen LogP contribution in [-0.2, 0) is 17.9 Å². The van der Waals surface area contributed by atoms with Crippen molar-refractivity contribution in [3.63, 3.8) is 0 Å². The summed E-state index contributed by atoms with van der Waals surface area (Å²) < 4.78 is 18.2. The van der Waals surface area contributed by atoms with Gasteiger partial charge in [-0.15, -0.1) is 0 Å². The molecule has 0 N–H and O–H groups in total. The summed E-state index contributed by atoms with van der Waals surface area (Å²) in [4.78, 5) is 4.21. The predicted molar refractivity (Wildman–Crippen MR) is 80.8 cm³/mol. The van der Waals surface area contributed by atoms with Gasteiger partial charge in [0.25, 0.3) is 5.89 Å². The molecule has 0 spiro atoms. The lowest BCUT2D eigenvalue weighted by Gasteiger charge is -2.24. The standard InChI is InChI=1S/C16H16N4O3/c1-10-17-16(23-19-10)14-7-12-9-22-15(8-20(12)18-14)11-3-5-13(21-2)6-4-11/h3-7,15H,8-9H2,1-2H3. The summed E-state index contributed by atoms with van der Waals surface area (Å²) in [6.45, 7) is 2.93. The van der Waals surface area contributed by atoms with Crippen LogP contribution in [0.2, 0.25) is 0 Å². The molecule has 1 aliphatic rings. The number of ether oxygens (including phenoxy) is 2. The fraction of sp³-hybridized carbons (Fsp3) is 0.312. The van der Waals surface area contributed by atoms with Crippen LogP contribution in [0.4, 0.5) is 0 Å². The first-order valence-corrected chi connectivity index (χ1v) is 7.36. The van der Waals surface area contributed by atoms with Gasteiger partial charge in [-0.3, -0.25) is 4.68 Å². The smallest absolute Gasteiger partial charge is 0.278 e. The number of rotatable bonds is 3. The fourth-order valence-electron chi connectivity index (χ4n) is 2.65. The highest BCUT2D eigenvalue weighted by Crippen LogP contribution is 2.29. The van der Waals surface area contributed by atoms with E-state index in [1.54, 1.807) is 14.0 Å². The molecule has 7 nitrogen and oxygen atoms in total. The molecule has 2 aromatic heterocycles. The van der Waals surface area contributed by atoms with E-state index in [0.29, 0.717) is 30.6 Å². The van der Waals surface area contributed by atoms with Crippen molar-refractivity contribution in [2.75, 3.05) is 7.11 Å². The number of hydrogen-bond acceptors (Lipinski definition) is 6. The second kappa shape index (κ2) is 5.51. The second-order valence-corrected chi connectivity index (χ2v) is 5.42. The summed E-state index contributed by atoms with van der Waals surface area (Å²) in [6, 6.07) is 9.83. The zero-order valence-electron chi connectivity index (χ0n) is 12.9. The monoisotopic (exact) mass is 312 g/mol. The Hall–Kier alpha value is -2.67. The Morgan fingerprint density at radius 2 is 2.09 bits per heavy atom. The lowest BCUT2D eigenvalue weighted by molar-refractivity contribution is -0.00115. The molecule has 1 aliphatic heterocycles. The average Bonchev–Trinajstić information content (AvgIpc) is 3.20.